The normalized spacial score (nSPS) is 50.7. The number of carbonyl (C=O) groups is 1. The van der Waals surface area contributed by atoms with Crippen molar-refractivity contribution in [2.45, 2.75) is 36.8 Å². The van der Waals surface area contributed by atoms with E-state index < -0.39 is 42.4 Å². The standard InChI is InChI=1S/C8H14N2O6/c1-3(12)9-7-6(14)5(13)4(2-11)16-8(7,15)10-7/h4-6,10-11,13-15H,2H2,1H3,(H,9,12). The number of amides is 1. The Morgan fingerprint density at radius 1 is 1.56 bits per heavy atom. The zero-order valence-corrected chi connectivity index (χ0v) is 8.54. The fourth-order valence-corrected chi connectivity index (χ4v) is 1.99. The second-order valence-electron chi connectivity index (χ2n) is 4.03. The second-order valence-corrected chi connectivity index (χ2v) is 4.03. The van der Waals surface area contributed by atoms with E-state index in [1.807, 2.05) is 0 Å². The van der Waals surface area contributed by atoms with Crippen LogP contribution in [0.4, 0.5) is 0 Å². The number of rotatable bonds is 2. The second kappa shape index (κ2) is 3.36. The van der Waals surface area contributed by atoms with Crippen molar-refractivity contribution in [2.75, 3.05) is 6.61 Å². The molecule has 92 valence electrons. The Labute approximate surface area is 90.8 Å². The molecule has 8 heteroatoms. The summed E-state index contributed by atoms with van der Waals surface area (Å²) in [5.74, 6) is -2.45. The van der Waals surface area contributed by atoms with Crippen LogP contribution in [0.5, 0.6) is 0 Å². The van der Waals surface area contributed by atoms with Crippen LogP contribution in [0.25, 0.3) is 0 Å². The van der Waals surface area contributed by atoms with E-state index in [2.05, 4.69) is 10.6 Å². The molecular formula is C8H14N2O6. The molecular weight excluding hydrogens is 220 g/mol. The maximum absolute atomic E-state index is 10.9. The minimum Gasteiger partial charge on any atom is -0.394 e. The van der Waals surface area contributed by atoms with Gasteiger partial charge in [-0.05, 0) is 0 Å². The van der Waals surface area contributed by atoms with E-state index in [1.165, 1.54) is 6.92 Å². The van der Waals surface area contributed by atoms with Crippen LogP contribution in [0.15, 0.2) is 0 Å². The van der Waals surface area contributed by atoms with Crippen LogP contribution in [-0.2, 0) is 9.53 Å². The molecule has 5 atom stereocenters. The predicted molar refractivity (Wildman–Crippen MR) is 48.6 cm³/mol. The molecule has 5 unspecified atom stereocenters. The highest BCUT2D eigenvalue weighted by atomic mass is 16.7. The Bertz CT molecular complexity index is 326. The SMILES string of the molecule is CC(=O)NC12NC1(O)OC(CO)C(O)C2O. The molecule has 2 aliphatic heterocycles. The Kier molecular flexibility index (Phi) is 2.46. The largest absolute Gasteiger partial charge is 0.394 e. The highest BCUT2D eigenvalue weighted by molar-refractivity contribution is 5.75. The molecule has 0 bridgehead atoms. The summed E-state index contributed by atoms with van der Waals surface area (Å²) in [5.41, 5.74) is -1.61. The molecule has 2 saturated heterocycles. The van der Waals surface area contributed by atoms with Crippen LogP contribution in [-0.4, -0.2) is 62.8 Å². The summed E-state index contributed by atoms with van der Waals surface area (Å²) < 4.78 is 4.95. The van der Waals surface area contributed by atoms with Crippen LogP contribution >= 0.6 is 0 Å². The topological polar surface area (TPSA) is 141 Å². The van der Waals surface area contributed by atoms with Gasteiger partial charge >= 0.3 is 0 Å². The lowest BCUT2D eigenvalue weighted by atomic mass is 9.96. The first-order valence-corrected chi connectivity index (χ1v) is 4.81. The van der Waals surface area contributed by atoms with E-state index >= 15 is 0 Å². The molecule has 16 heavy (non-hydrogen) atoms. The van der Waals surface area contributed by atoms with Crippen LogP contribution in [0.3, 0.4) is 0 Å². The molecule has 0 aromatic rings. The van der Waals surface area contributed by atoms with Crippen LogP contribution in [0.2, 0.25) is 0 Å². The van der Waals surface area contributed by atoms with Gasteiger partial charge in [-0.15, -0.1) is 0 Å². The van der Waals surface area contributed by atoms with Gasteiger partial charge in [0.25, 0.3) is 5.91 Å². The lowest BCUT2D eigenvalue weighted by molar-refractivity contribution is -0.262. The van der Waals surface area contributed by atoms with Crippen LogP contribution in [0, 0.1) is 0 Å². The van der Waals surface area contributed by atoms with Crippen molar-refractivity contribution in [3.8, 4) is 0 Å². The Hall–Kier alpha value is -0.770. The van der Waals surface area contributed by atoms with Gasteiger partial charge in [0, 0.05) is 6.92 Å². The van der Waals surface area contributed by atoms with Gasteiger partial charge in [0.05, 0.1) is 6.61 Å². The lowest BCUT2D eigenvalue weighted by Gasteiger charge is -2.37. The Morgan fingerprint density at radius 3 is 2.69 bits per heavy atom. The van der Waals surface area contributed by atoms with E-state index in [1.54, 1.807) is 0 Å². The van der Waals surface area contributed by atoms with Crippen molar-refractivity contribution < 1.29 is 30.0 Å². The van der Waals surface area contributed by atoms with Crippen molar-refractivity contribution in [1.82, 2.24) is 10.6 Å². The summed E-state index contributed by atoms with van der Waals surface area (Å²) >= 11 is 0. The summed E-state index contributed by atoms with van der Waals surface area (Å²) in [5, 5.41) is 42.7. The van der Waals surface area contributed by atoms with Gasteiger partial charge in [-0.25, -0.2) is 5.32 Å². The molecule has 0 aromatic heterocycles. The lowest BCUT2D eigenvalue weighted by Crippen LogP contribution is -2.64. The highest BCUT2D eigenvalue weighted by Crippen LogP contribution is 2.44. The molecule has 0 aromatic carbocycles. The molecule has 1 amide bonds. The van der Waals surface area contributed by atoms with Gasteiger partial charge in [-0.3, -0.25) is 4.79 Å². The van der Waals surface area contributed by atoms with E-state index in [0.717, 1.165) is 0 Å². The van der Waals surface area contributed by atoms with Crippen LogP contribution < -0.4 is 10.6 Å². The quantitative estimate of drug-likeness (QED) is 0.269. The van der Waals surface area contributed by atoms with Gasteiger partial charge in [0.1, 0.15) is 18.3 Å². The number of nitrogens with one attached hydrogen (secondary N) is 2. The zero-order chi connectivity index (χ0) is 12.1. The summed E-state index contributed by atoms with van der Waals surface area (Å²) in [6.45, 7) is 0.644. The minimum absolute atomic E-state index is 0.499. The number of aliphatic hydroxyl groups is 4. The first-order chi connectivity index (χ1) is 7.36. The number of hydrogen-bond donors (Lipinski definition) is 6. The third kappa shape index (κ3) is 1.35. The monoisotopic (exact) mass is 234 g/mol. The zero-order valence-electron chi connectivity index (χ0n) is 8.54. The van der Waals surface area contributed by atoms with Crippen molar-refractivity contribution in [2.24, 2.45) is 0 Å². The number of ether oxygens (including phenoxy) is 1. The number of carbonyl (C=O) groups excluding carboxylic acids is 1. The molecule has 2 aliphatic rings. The molecule has 0 saturated carbocycles. The van der Waals surface area contributed by atoms with E-state index in [-0.39, 0.29) is 0 Å². The summed E-state index contributed by atoms with van der Waals surface area (Å²) in [6.07, 6.45) is -4.00. The summed E-state index contributed by atoms with van der Waals surface area (Å²) in [4.78, 5) is 10.9. The molecule has 0 radical (unpaired) electrons. The Morgan fingerprint density at radius 2 is 2.19 bits per heavy atom. The third-order valence-electron chi connectivity index (χ3n) is 2.86. The summed E-state index contributed by atoms with van der Waals surface area (Å²) in [6, 6.07) is 0. The van der Waals surface area contributed by atoms with Gasteiger partial charge in [0.2, 0.25) is 5.91 Å². The summed E-state index contributed by atoms with van der Waals surface area (Å²) in [7, 11) is 0. The minimum atomic E-state index is -1.95. The van der Waals surface area contributed by atoms with E-state index in [9.17, 15) is 20.1 Å². The first-order valence-electron chi connectivity index (χ1n) is 4.81. The first kappa shape index (κ1) is 11.7. The fraction of sp³-hybridized carbons (Fsp3) is 0.875. The average molecular weight is 234 g/mol. The van der Waals surface area contributed by atoms with Crippen LogP contribution in [0.1, 0.15) is 6.92 Å². The molecule has 2 fully saturated rings. The molecule has 2 heterocycles. The highest BCUT2D eigenvalue weighted by Gasteiger charge is 2.78. The van der Waals surface area contributed by atoms with E-state index in [0.29, 0.717) is 0 Å². The smallest absolute Gasteiger partial charge is 0.269 e. The molecule has 2 rings (SSSR count). The Balaban J connectivity index is 2.22. The number of fused-ring (bicyclic) bond motifs is 1. The number of aliphatic hydroxyl groups excluding tert-OH is 3. The van der Waals surface area contributed by atoms with Gasteiger partial charge in [-0.1, -0.05) is 0 Å². The van der Waals surface area contributed by atoms with Gasteiger partial charge in [0.15, 0.2) is 5.66 Å². The van der Waals surface area contributed by atoms with Crippen molar-refractivity contribution in [3.05, 3.63) is 0 Å². The van der Waals surface area contributed by atoms with E-state index in [4.69, 9.17) is 9.84 Å². The fourth-order valence-electron chi connectivity index (χ4n) is 1.99. The maximum atomic E-state index is 10.9. The molecule has 0 spiro atoms. The van der Waals surface area contributed by atoms with Crippen molar-refractivity contribution in [1.29, 1.82) is 0 Å². The van der Waals surface area contributed by atoms with Crippen molar-refractivity contribution >= 4 is 5.91 Å². The predicted octanol–water partition coefficient (Wildman–Crippen LogP) is -3.82. The molecule has 6 N–H and O–H groups in total. The maximum Gasteiger partial charge on any atom is 0.269 e. The van der Waals surface area contributed by atoms with Crippen molar-refractivity contribution in [3.63, 3.8) is 0 Å². The average Bonchev–Trinajstić information content (AvgIpc) is 2.78. The molecule has 8 nitrogen and oxygen atoms in total. The van der Waals surface area contributed by atoms with Gasteiger partial charge < -0.3 is 30.5 Å². The number of hydrogen-bond acceptors (Lipinski definition) is 7. The third-order valence-corrected chi connectivity index (χ3v) is 2.86. The molecule has 0 aliphatic carbocycles. The van der Waals surface area contributed by atoms with Gasteiger partial charge in [-0.2, -0.15) is 0 Å².